The van der Waals surface area contributed by atoms with E-state index in [-0.39, 0.29) is 11.7 Å². The second kappa shape index (κ2) is 7.80. The Bertz CT molecular complexity index is 855. The van der Waals surface area contributed by atoms with Crippen molar-refractivity contribution in [2.24, 2.45) is 18.7 Å². The number of carbonyl (C=O) groups excluding carboxylic acids is 1. The zero-order valence-corrected chi connectivity index (χ0v) is 15.6. The molecule has 0 radical (unpaired) electrons. The van der Waals surface area contributed by atoms with Gasteiger partial charge in [0.15, 0.2) is 17.3 Å². The van der Waals surface area contributed by atoms with Crippen LogP contribution in [0.5, 0.6) is 0 Å². The maximum Gasteiger partial charge on any atom is 0.198 e. The molecule has 0 bridgehead atoms. The van der Waals surface area contributed by atoms with Crippen LogP contribution >= 0.6 is 15.9 Å². The molecular weight excluding hydrogens is 382 g/mol. The Hall–Kier alpha value is -2.18. The van der Waals surface area contributed by atoms with Crippen molar-refractivity contribution >= 4 is 21.7 Å². The number of ketones is 1. The fraction of sp³-hybridized carbons (Fsp3) is 0.263. The van der Waals surface area contributed by atoms with Gasteiger partial charge in [0, 0.05) is 25.7 Å². The summed E-state index contributed by atoms with van der Waals surface area (Å²) in [6.07, 6.45) is 2.83. The van der Waals surface area contributed by atoms with Crippen LogP contribution in [0.1, 0.15) is 22.5 Å². The quantitative estimate of drug-likeness (QED) is 0.610. The molecular formula is C19H20BrN3O2. The van der Waals surface area contributed by atoms with Crippen molar-refractivity contribution in [1.82, 2.24) is 9.78 Å². The Morgan fingerprint density at radius 2 is 2.08 bits per heavy atom. The lowest BCUT2D eigenvalue weighted by Gasteiger charge is -2.13. The third-order valence-corrected chi connectivity index (χ3v) is 4.78. The van der Waals surface area contributed by atoms with Crippen molar-refractivity contribution in [3.05, 3.63) is 64.5 Å². The van der Waals surface area contributed by atoms with Gasteiger partial charge in [0.25, 0.3) is 0 Å². The van der Waals surface area contributed by atoms with E-state index in [0.29, 0.717) is 24.5 Å². The van der Waals surface area contributed by atoms with Crippen LogP contribution in [0.25, 0.3) is 11.5 Å². The number of carbonyl (C=O) groups is 1. The summed E-state index contributed by atoms with van der Waals surface area (Å²) < 4.78 is 8.25. The van der Waals surface area contributed by atoms with E-state index < -0.39 is 0 Å². The molecule has 2 heterocycles. The van der Waals surface area contributed by atoms with Gasteiger partial charge in [-0.2, -0.15) is 5.10 Å². The first-order chi connectivity index (χ1) is 12.1. The Kier molecular flexibility index (Phi) is 5.50. The van der Waals surface area contributed by atoms with Gasteiger partial charge in [-0.05, 0) is 46.4 Å². The summed E-state index contributed by atoms with van der Waals surface area (Å²) in [5.41, 5.74) is 7.87. The summed E-state index contributed by atoms with van der Waals surface area (Å²) in [5, 5.41) is 4.13. The zero-order chi connectivity index (χ0) is 17.8. The van der Waals surface area contributed by atoms with Crippen molar-refractivity contribution in [3.63, 3.8) is 0 Å². The minimum atomic E-state index is -0.0412. The fourth-order valence-electron chi connectivity index (χ4n) is 2.83. The molecule has 1 unspecified atom stereocenters. The molecule has 0 aliphatic rings. The molecule has 0 spiro atoms. The molecule has 0 amide bonds. The second-order valence-electron chi connectivity index (χ2n) is 6.05. The van der Waals surface area contributed by atoms with Gasteiger partial charge >= 0.3 is 0 Å². The number of aryl methyl sites for hydroxylation is 1. The molecule has 0 fully saturated rings. The van der Waals surface area contributed by atoms with Crippen LogP contribution in [0.3, 0.4) is 0 Å². The SMILES string of the molecule is Cn1nccc1-c1oc(C(=O)CC(CN)Cc2ccccc2)cc1Br. The number of nitrogens with two attached hydrogens (primary N) is 1. The van der Waals surface area contributed by atoms with E-state index >= 15 is 0 Å². The molecule has 25 heavy (non-hydrogen) atoms. The minimum Gasteiger partial charge on any atom is -0.450 e. The van der Waals surface area contributed by atoms with E-state index in [9.17, 15) is 4.79 Å². The van der Waals surface area contributed by atoms with Crippen molar-refractivity contribution < 1.29 is 9.21 Å². The van der Waals surface area contributed by atoms with Crippen LogP contribution in [0, 0.1) is 5.92 Å². The van der Waals surface area contributed by atoms with Crippen LogP contribution in [0.2, 0.25) is 0 Å². The van der Waals surface area contributed by atoms with Crippen LogP contribution in [0.4, 0.5) is 0 Å². The highest BCUT2D eigenvalue weighted by Gasteiger charge is 2.21. The molecule has 0 aliphatic carbocycles. The van der Waals surface area contributed by atoms with E-state index in [2.05, 4.69) is 33.2 Å². The van der Waals surface area contributed by atoms with Gasteiger partial charge in [-0.3, -0.25) is 9.48 Å². The monoisotopic (exact) mass is 401 g/mol. The maximum absolute atomic E-state index is 12.6. The van der Waals surface area contributed by atoms with Crippen molar-refractivity contribution in [1.29, 1.82) is 0 Å². The van der Waals surface area contributed by atoms with Gasteiger partial charge < -0.3 is 10.2 Å². The first-order valence-corrected chi connectivity index (χ1v) is 8.92. The van der Waals surface area contributed by atoms with Crippen LogP contribution in [-0.2, 0) is 13.5 Å². The topological polar surface area (TPSA) is 74.0 Å². The summed E-state index contributed by atoms with van der Waals surface area (Å²) in [5.74, 6) is 0.990. The van der Waals surface area contributed by atoms with Crippen LogP contribution in [0.15, 0.2) is 57.6 Å². The average Bonchev–Trinajstić information content (AvgIpc) is 3.20. The first kappa shape index (κ1) is 17.6. The van der Waals surface area contributed by atoms with Gasteiger partial charge in [0.1, 0.15) is 5.69 Å². The summed E-state index contributed by atoms with van der Waals surface area (Å²) in [6.45, 7) is 0.455. The second-order valence-corrected chi connectivity index (χ2v) is 6.90. The largest absolute Gasteiger partial charge is 0.450 e. The standard InChI is InChI=1S/C19H20BrN3O2/c1-23-16(7-8-22-23)19-15(20)11-18(25-19)17(24)10-14(12-21)9-13-5-3-2-4-6-13/h2-8,11,14H,9-10,12,21H2,1H3. The van der Waals surface area contributed by atoms with E-state index in [1.54, 1.807) is 16.9 Å². The van der Waals surface area contributed by atoms with E-state index in [4.69, 9.17) is 10.2 Å². The molecule has 2 aromatic heterocycles. The smallest absolute Gasteiger partial charge is 0.198 e. The lowest BCUT2D eigenvalue weighted by atomic mass is 9.94. The molecule has 0 aliphatic heterocycles. The van der Waals surface area contributed by atoms with Crippen LogP contribution in [-0.4, -0.2) is 22.1 Å². The highest BCUT2D eigenvalue weighted by molar-refractivity contribution is 9.10. The van der Waals surface area contributed by atoms with E-state index in [1.165, 1.54) is 5.56 Å². The van der Waals surface area contributed by atoms with Crippen LogP contribution < -0.4 is 5.73 Å². The molecule has 3 aromatic rings. The van der Waals surface area contributed by atoms with Gasteiger partial charge in [-0.25, -0.2) is 0 Å². The number of rotatable bonds is 7. The number of furan rings is 1. The predicted octanol–water partition coefficient (Wildman–Crippen LogP) is 3.83. The Balaban J connectivity index is 1.73. The number of hydrogen-bond acceptors (Lipinski definition) is 4. The highest BCUT2D eigenvalue weighted by Crippen LogP contribution is 2.32. The number of benzene rings is 1. The molecule has 130 valence electrons. The zero-order valence-electron chi connectivity index (χ0n) is 14.0. The molecule has 0 saturated heterocycles. The van der Waals surface area contributed by atoms with Gasteiger partial charge in [-0.15, -0.1) is 0 Å². The van der Waals surface area contributed by atoms with E-state index in [0.717, 1.165) is 16.6 Å². The number of aromatic nitrogens is 2. The third-order valence-electron chi connectivity index (χ3n) is 4.19. The molecule has 3 rings (SSSR count). The predicted molar refractivity (Wildman–Crippen MR) is 100 cm³/mol. The number of halogens is 1. The van der Waals surface area contributed by atoms with Crippen molar-refractivity contribution in [2.45, 2.75) is 12.8 Å². The fourth-order valence-corrected chi connectivity index (χ4v) is 3.32. The molecule has 2 N–H and O–H groups in total. The Labute approximate surface area is 155 Å². The molecule has 0 saturated carbocycles. The lowest BCUT2D eigenvalue weighted by Crippen LogP contribution is -2.20. The normalized spacial score (nSPS) is 12.3. The number of hydrogen-bond donors (Lipinski definition) is 1. The third kappa shape index (κ3) is 4.08. The van der Waals surface area contributed by atoms with Crippen molar-refractivity contribution in [2.75, 3.05) is 6.54 Å². The molecule has 5 nitrogen and oxygen atoms in total. The lowest BCUT2D eigenvalue weighted by molar-refractivity contribution is 0.0936. The van der Waals surface area contributed by atoms with E-state index in [1.807, 2.05) is 31.3 Å². The average molecular weight is 402 g/mol. The highest BCUT2D eigenvalue weighted by atomic mass is 79.9. The van der Waals surface area contributed by atoms with Gasteiger partial charge in [0.05, 0.1) is 4.47 Å². The number of nitrogens with zero attached hydrogens (tertiary/aromatic N) is 2. The summed E-state index contributed by atoms with van der Waals surface area (Å²) >= 11 is 3.47. The maximum atomic E-state index is 12.6. The number of Topliss-reactive ketones (excluding diaryl/α,β-unsaturated/α-hetero) is 1. The molecule has 6 heteroatoms. The molecule has 1 aromatic carbocycles. The van der Waals surface area contributed by atoms with Gasteiger partial charge in [-0.1, -0.05) is 30.3 Å². The van der Waals surface area contributed by atoms with Gasteiger partial charge in [0.2, 0.25) is 0 Å². The molecule has 1 atom stereocenters. The Morgan fingerprint density at radius 3 is 2.72 bits per heavy atom. The first-order valence-electron chi connectivity index (χ1n) is 8.13. The Morgan fingerprint density at radius 1 is 1.32 bits per heavy atom. The summed E-state index contributed by atoms with van der Waals surface area (Å²) in [7, 11) is 1.83. The summed E-state index contributed by atoms with van der Waals surface area (Å²) in [6, 6.07) is 13.6. The van der Waals surface area contributed by atoms with Crippen molar-refractivity contribution in [3.8, 4) is 11.5 Å². The minimum absolute atomic E-state index is 0.0412. The summed E-state index contributed by atoms with van der Waals surface area (Å²) in [4.78, 5) is 12.6.